The highest BCUT2D eigenvalue weighted by Gasteiger charge is 2.32. The van der Waals surface area contributed by atoms with Gasteiger partial charge in [-0.2, -0.15) is 5.10 Å². The highest BCUT2D eigenvalue weighted by atomic mass is 16.4. The Morgan fingerprint density at radius 2 is 2.24 bits per heavy atom. The summed E-state index contributed by atoms with van der Waals surface area (Å²) in [4.78, 5) is 23.8. The van der Waals surface area contributed by atoms with Crippen LogP contribution in [0, 0.1) is 0 Å². The van der Waals surface area contributed by atoms with E-state index in [1.165, 1.54) is 18.1 Å². The molecule has 1 aliphatic rings. The zero-order chi connectivity index (χ0) is 12.6. The van der Waals surface area contributed by atoms with E-state index in [1.807, 2.05) is 7.05 Å². The van der Waals surface area contributed by atoms with E-state index in [1.54, 1.807) is 4.68 Å². The fraction of sp³-hybridized carbons (Fsp3) is 0.545. The number of nitrogens with zero attached hydrogens (tertiary/aromatic N) is 3. The molecule has 1 fully saturated rings. The molecule has 0 aromatic carbocycles. The molecule has 0 spiro atoms. The lowest BCUT2D eigenvalue weighted by molar-refractivity contribution is -0.137. The van der Waals surface area contributed by atoms with Gasteiger partial charge in [0.2, 0.25) is 0 Å². The first-order valence-electron chi connectivity index (χ1n) is 5.50. The summed E-state index contributed by atoms with van der Waals surface area (Å²) >= 11 is 0. The predicted octanol–water partition coefficient (Wildman–Crippen LogP) is 0.454. The van der Waals surface area contributed by atoms with E-state index in [-0.39, 0.29) is 12.5 Å². The summed E-state index contributed by atoms with van der Waals surface area (Å²) in [5.74, 6) is -0.889. The third-order valence-corrected chi connectivity index (χ3v) is 2.90. The van der Waals surface area contributed by atoms with Crippen LogP contribution in [0.1, 0.15) is 34.8 Å². The fourth-order valence-corrected chi connectivity index (χ4v) is 1.93. The van der Waals surface area contributed by atoms with Crippen LogP contribution < -0.4 is 0 Å². The summed E-state index contributed by atoms with van der Waals surface area (Å²) in [6, 6.07) is 0. The zero-order valence-electron chi connectivity index (χ0n) is 9.88. The Morgan fingerprint density at radius 1 is 1.59 bits per heavy atom. The highest BCUT2D eigenvalue weighted by Crippen LogP contribution is 2.41. The van der Waals surface area contributed by atoms with Gasteiger partial charge in [-0.15, -0.1) is 0 Å². The molecule has 0 saturated heterocycles. The topological polar surface area (TPSA) is 75.4 Å². The molecule has 1 amide bonds. The first kappa shape index (κ1) is 11.6. The molecule has 0 aliphatic heterocycles. The summed E-state index contributed by atoms with van der Waals surface area (Å²) in [7, 11) is 3.29. The molecular formula is C11H15N3O3. The maximum absolute atomic E-state index is 12.1. The maximum Gasteiger partial charge on any atom is 0.323 e. The molecule has 1 aromatic rings. The Hall–Kier alpha value is -1.85. The minimum atomic E-state index is -1.02. The number of aryl methyl sites for hydroxylation is 1. The van der Waals surface area contributed by atoms with E-state index in [0.29, 0.717) is 11.5 Å². The monoisotopic (exact) mass is 237 g/mol. The summed E-state index contributed by atoms with van der Waals surface area (Å²) in [5.41, 5.74) is 1.45. The lowest BCUT2D eigenvalue weighted by Gasteiger charge is -2.14. The van der Waals surface area contributed by atoms with Crippen molar-refractivity contribution in [3.63, 3.8) is 0 Å². The van der Waals surface area contributed by atoms with Crippen LogP contribution in [0.4, 0.5) is 0 Å². The van der Waals surface area contributed by atoms with Crippen molar-refractivity contribution in [2.24, 2.45) is 7.05 Å². The van der Waals surface area contributed by atoms with Gasteiger partial charge in [0.25, 0.3) is 5.91 Å². The molecule has 1 N–H and O–H groups in total. The number of hydrogen-bond donors (Lipinski definition) is 1. The summed E-state index contributed by atoms with van der Waals surface area (Å²) in [6.45, 7) is -0.294. The van der Waals surface area contributed by atoms with Crippen LogP contribution in [0.25, 0.3) is 0 Å². The number of carbonyl (C=O) groups is 2. The molecule has 0 unspecified atom stereocenters. The van der Waals surface area contributed by atoms with Gasteiger partial charge < -0.3 is 10.0 Å². The Bertz CT molecular complexity index is 463. The quantitative estimate of drug-likeness (QED) is 0.825. The minimum absolute atomic E-state index is 0.276. The van der Waals surface area contributed by atoms with E-state index in [9.17, 15) is 9.59 Å². The smallest absolute Gasteiger partial charge is 0.323 e. The molecular weight excluding hydrogens is 222 g/mol. The van der Waals surface area contributed by atoms with E-state index in [0.717, 1.165) is 18.5 Å². The predicted molar refractivity (Wildman–Crippen MR) is 59.8 cm³/mol. The molecule has 0 bridgehead atoms. The Kier molecular flexibility index (Phi) is 2.87. The first-order chi connectivity index (χ1) is 8.00. The number of aromatic nitrogens is 2. The van der Waals surface area contributed by atoms with Gasteiger partial charge >= 0.3 is 5.97 Å². The molecule has 17 heavy (non-hydrogen) atoms. The SMILES string of the molecule is CN(CC(=O)O)C(=O)c1cnn(C)c1C1CC1. The Morgan fingerprint density at radius 3 is 2.76 bits per heavy atom. The van der Waals surface area contributed by atoms with Gasteiger partial charge in [-0.1, -0.05) is 0 Å². The van der Waals surface area contributed by atoms with E-state index >= 15 is 0 Å². The van der Waals surface area contributed by atoms with Crippen molar-refractivity contribution in [2.75, 3.05) is 13.6 Å². The number of carbonyl (C=O) groups excluding carboxylic acids is 1. The second kappa shape index (κ2) is 4.20. The van der Waals surface area contributed by atoms with Gasteiger partial charge in [0, 0.05) is 20.0 Å². The van der Waals surface area contributed by atoms with Crippen LogP contribution in [0.2, 0.25) is 0 Å². The van der Waals surface area contributed by atoms with Crippen LogP contribution in [0.3, 0.4) is 0 Å². The molecule has 1 aromatic heterocycles. The van der Waals surface area contributed by atoms with Crippen LogP contribution in [-0.4, -0.2) is 45.3 Å². The average molecular weight is 237 g/mol. The number of amides is 1. The first-order valence-corrected chi connectivity index (χ1v) is 5.50. The molecule has 1 heterocycles. The number of carboxylic acid groups (broad SMARTS) is 1. The third-order valence-electron chi connectivity index (χ3n) is 2.90. The largest absolute Gasteiger partial charge is 0.480 e. The van der Waals surface area contributed by atoms with Gasteiger partial charge in [0.05, 0.1) is 17.5 Å². The van der Waals surface area contributed by atoms with Crippen molar-refractivity contribution in [1.82, 2.24) is 14.7 Å². The summed E-state index contributed by atoms with van der Waals surface area (Å²) < 4.78 is 1.71. The molecule has 2 rings (SSSR count). The number of aliphatic carboxylic acids is 1. The lowest BCUT2D eigenvalue weighted by Crippen LogP contribution is -2.32. The van der Waals surface area contributed by atoms with Crippen LogP contribution >= 0.6 is 0 Å². The second-order valence-electron chi connectivity index (χ2n) is 4.40. The number of carboxylic acids is 1. The Labute approximate surface area is 98.8 Å². The number of hydrogen-bond acceptors (Lipinski definition) is 3. The lowest BCUT2D eigenvalue weighted by atomic mass is 10.1. The standard InChI is InChI=1S/C11H15N3O3/c1-13(6-9(15)16)11(17)8-5-12-14(2)10(8)7-3-4-7/h5,7H,3-4,6H2,1-2H3,(H,15,16). The molecule has 1 saturated carbocycles. The van der Waals surface area contributed by atoms with Gasteiger partial charge in [-0.25, -0.2) is 0 Å². The molecule has 1 aliphatic carbocycles. The maximum atomic E-state index is 12.1. The molecule has 0 atom stereocenters. The molecule has 92 valence electrons. The van der Waals surface area contributed by atoms with Crippen LogP contribution in [0.5, 0.6) is 0 Å². The van der Waals surface area contributed by atoms with Crippen molar-refractivity contribution >= 4 is 11.9 Å². The summed E-state index contributed by atoms with van der Waals surface area (Å²) in [6.07, 6.45) is 3.67. The van der Waals surface area contributed by atoms with E-state index in [4.69, 9.17) is 5.11 Å². The van der Waals surface area contributed by atoms with Gasteiger partial charge in [0.1, 0.15) is 6.54 Å². The van der Waals surface area contributed by atoms with Gasteiger partial charge in [0.15, 0.2) is 0 Å². The van der Waals surface area contributed by atoms with Crippen molar-refractivity contribution in [2.45, 2.75) is 18.8 Å². The normalized spacial score (nSPS) is 14.7. The zero-order valence-corrected chi connectivity index (χ0v) is 9.88. The molecule has 0 radical (unpaired) electrons. The molecule has 6 heteroatoms. The molecule has 6 nitrogen and oxygen atoms in total. The number of rotatable bonds is 4. The van der Waals surface area contributed by atoms with Crippen LogP contribution in [-0.2, 0) is 11.8 Å². The van der Waals surface area contributed by atoms with Gasteiger partial charge in [-0.05, 0) is 12.8 Å². The highest BCUT2D eigenvalue weighted by molar-refractivity contribution is 5.96. The van der Waals surface area contributed by atoms with E-state index in [2.05, 4.69) is 5.10 Å². The van der Waals surface area contributed by atoms with Crippen molar-refractivity contribution in [3.8, 4) is 0 Å². The third kappa shape index (κ3) is 2.30. The van der Waals surface area contributed by atoms with E-state index < -0.39 is 5.97 Å². The van der Waals surface area contributed by atoms with Crippen molar-refractivity contribution in [3.05, 3.63) is 17.5 Å². The van der Waals surface area contributed by atoms with Gasteiger partial charge in [-0.3, -0.25) is 14.3 Å². The summed E-state index contributed by atoms with van der Waals surface area (Å²) in [5, 5.41) is 12.7. The Balaban J connectivity index is 2.21. The van der Waals surface area contributed by atoms with Crippen molar-refractivity contribution in [1.29, 1.82) is 0 Å². The fourth-order valence-electron chi connectivity index (χ4n) is 1.93. The van der Waals surface area contributed by atoms with Crippen LogP contribution in [0.15, 0.2) is 6.20 Å². The van der Waals surface area contributed by atoms with Crippen molar-refractivity contribution < 1.29 is 14.7 Å². The minimum Gasteiger partial charge on any atom is -0.480 e. The number of likely N-dealkylation sites (N-methyl/N-ethyl adjacent to an activating group) is 1. The second-order valence-corrected chi connectivity index (χ2v) is 4.40. The average Bonchev–Trinajstić information content (AvgIpc) is 3.00.